The lowest BCUT2D eigenvalue weighted by atomic mass is 10.2. The molecule has 1 aliphatic heterocycles. The zero-order chi connectivity index (χ0) is 9.26. The molecule has 0 aromatic carbocycles. The van der Waals surface area contributed by atoms with Crippen LogP contribution in [0.1, 0.15) is 23.8 Å². The molecule has 1 aromatic rings. The highest BCUT2D eigenvalue weighted by Crippen LogP contribution is 2.39. The predicted molar refractivity (Wildman–Crippen MR) is 59.2 cm³/mol. The molecule has 0 bridgehead atoms. The van der Waals surface area contributed by atoms with Crippen molar-refractivity contribution in [2.24, 2.45) is 0 Å². The molecule has 1 saturated heterocycles. The summed E-state index contributed by atoms with van der Waals surface area (Å²) in [7, 11) is 0. The monoisotopic (exact) mass is 278 g/mol. The molecule has 2 rings (SSSR count). The fourth-order valence-electron chi connectivity index (χ4n) is 1.34. The molecule has 0 radical (unpaired) electrons. The van der Waals surface area contributed by atoms with E-state index in [4.69, 9.17) is 11.6 Å². The van der Waals surface area contributed by atoms with E-state index in [2.05, 4.69) is 26.1 Å². The number of hydrogen-bond donors (Lipinski definition) is 0. The summed E-state index contributed by atoms with van der Waals surface area (Å²) in [6.45, 7) is 0. The summed E-state index contributed by atoms with van der Waals surface area (Å²) in [5.41, 5.74) is 1.04. The molecule has 13 heavy (non-hydrogen) atoms. The summed E-state index contributed by atoms with van der Waals surface area (Å²) in [5, 5.41) is 8.92. The lowest BCUT2D eigenvalue weighted by Crippen LogP contribution is -1.96. The molecule has 0 saturated carbocycles. The zero-order valence-electron chi connectivity index (χ0n) is 6.83. The van der Waals surface area contributed by atoms with E-state index in [0.29, 0.717) is 10.4 Å². The topological polar surface area (TPSA) is 25.8 Å². The van der Waals surface area contributed by atoms with Crippen molar-refractivity contribution in [1.82, 2.24) is 10.2 Å². The molecule has 5 heteroatoms. The first-order valence-electron chi connectivity index (χ1n) is 4.07. The summed E-state index contributed by atoms with van der Waals surface area (Å²) >= 11 is 11.1. The van der Waals surface area contributed by atoms with Gasteiger partial charge in [-0.25, -0.2) is 0 Å². The Hall–Kier alpha value is 0.200. The molecule has 0 spiro atoms. The van der Waals surface area contributed by atoms with Gasteiger partial charge in [0, 0.05) is 5.25 Å². The van der Waals surface area contributed by atoms with Crippen LogP contribution in [0.15, 0.2) is 10.5 Å². The lowest BCUT2D eigenvalue weighted by Gasteiger charge is -2.06. The molecule has 1 aromatic heterocycles. The molecule has 0 N–H and O–H groups in total. The first kappa shape index (κ1) is 9.74. The first-order chi connectivity index (χ1) is 6.27. The molecule has 70 valence electrons. The summed E-state index contributed by atoms with van der Waals surface area (Å²) in [5.74, 6) is 1.23. The average Bonchev–Trinajstić information content (AvgIpc) is 2.62. The van der Waals surface area contributed by atoms with E-state index in [1.54, 1.807) is 0 Å². The Kier molecular flexibility index (Phi) is 3.11. The van der Waals surface area contributed by atoms with Gasteiger partial charge in [0.2, 0.25) is 0 Å². The molecule has 1 unspecified atom stereocenters. The van der Waals surface area contributed by atoms with Crippen molar-refractivity contribution in [3.05, 3.63) is 21.4 Å². The molecular formula is C8H8BrClN2S. The van der Waals surface area contributed by atoms with E-state index >= 15 is 0 Å². The van der Waals surface area contributed by atoms with Crippen LogP contribution in [0, 0.1) is 0 Å². The minimum atomic E-state index is 0.437. The maximum atomic E-state index is 5.76. The van der Waals surface area contributed by atoms with Crippen LogP contribution in [0.5, 0.6) is 0 Å². The highest BCUT2D eigenvalue weighted by molar-refractivity contribution is 9.10. The number of rotatable bonds is 1. The Labute approximate surface area is 94.6 Å². The summed E-state index contributed by atoms with van der Waals surface area (Å²) in [6.07, 6.45) is 2.48. The SMILES string of the molecule is Clc1nnc(C2CCCS2)cc1Br. The molecule has 1 fully saturated rings. The average molecular weight is 280 g/mol. The van der Waals surface area contributed by atoms with Gasteiger partial charge in [-0.05, 0) is 40.6 Å². The van der Waals surface area contributed by atoms with Gasteiger partial charge in [0.05, 0.1) is 10.2 Å². The van der Waals surface area contributed by atoms with Crippen molar-refractivity contribution in [3.63, 3.8) is 0 Å². The highest BCUT2D eigenvalue weighted by Gasteiger charge is 2.20. The highest BCUT2D eigenvalue weighted by atomic mass is 79.9. The lowest BCUT2D eigenvalue weighted by molar-refractivity contribution is 0.783. The van der Waals surface area contributed by atoms with Crippen molar-refractivity contribution >= 4 is 39.3 Å². The molecule has 0 amide bonds. The van der Waals surface area contributed by atoms with Crippen molar-refractivity contribution < 1.29 is 0 Å². The van der Waals surface area contributed by atoms with E-state index < -0.39 is 0 Å². The van der Waals surface area contributed by atoms with Gasteiger partial charge in [0.15, 0.2) is 5.15 Å². The summed E-state index contributed by atoms with van der Waals surface area (Å²) < 4.78 is 0.840. The van der Waals surface area contributed by atoms with Crippen LogP contribution < -0.4 is 0 Å². The third kappa shape index (κ3) is 2.17. The predicted octanol–water partition coefficient (Wildman–Crippen LogP) is 3.46. The Morgan fingerprint density at radius 2 is 2.38 bits per heavy atom. The van der Waals surface area contributed by atoms with E-state index in [1.165, 1.54) is 18.6 Å². The van der Waals surface area contributed by atoms with Crippen LogP contribution in [-0.4, -0.2) is 16.0 Å². The van der Waals surface area contributed by atoms with Gasteiger partial charge in [0.1, 0.15) is 0 Å². The molecule has 1 atom stereocenters. The van der Waals surface area contributed by atoms with Gasteiger partial charge in [-0.1, -0.05) is 11.6 Å². The number of hydrogen-bond acceptors (Lipinski definition) is 3. The van der Waals surface area contributed by atoms with E-state index in [0.717, 1.165) is 10.2 Å². The minimum absolute atomic E-state index is 0.437. The van der Waals surface area contributed by atoms with Crippen LogP contribution in [0.3, 0.4) is 0 Å². The smallest absolute Gasteiger partial charge is 0.153 e. The second-order valence-corrected chi connectivity index (χ2v) is 5.43. The maximum absolute atomic E-state index is 5.76. The van der Waals surface area contributed by atoms with Crippen molar-refractivity contribution in [1.29, 1.82) is 0 Å². The van der Waals surface area contributed by atoms with Crippen LogP contribution in [0.4, 0.5) is 0 Å². The number of thioether (sulfide) groups is 1. The third-order valence-corrected chi connectivity index (χ3v) is 4.50. The van der Waals surface area contributed by atoms with Crippen molar-refractivity contribution in [3.8, 4) is 0 Å². The third-order valence-electron chi connectivity index (χ3n) is 1.98. The molecule has 2 heterocycles. The quantitative estimate of drug-likeness (QED) is 0.787. The Balaban J connectivity index is 2.25. The van der Waals surface area contributed by atoms with Crippen LogP contribution >= 0.6 is 39.3 Å². The fraction of sp³-hybridized carbons (Fsp3) is 0.500. The molecular weight excluding hydrogens is 272 g/mol. The summed E-state index contributed by atoms with van der Waals surface area (Å²) in [6, 6.07) is 1.97. The van der Waals surface area contributed by atoms with Gasteiger partial charge in [0.25, 0.3) is 0 Å². The first-order valence-corrected chi connectivity index (χ1v) is 6.29. The second kappa shape index (κ2) is 4.15. The maximum Gasteiger partial charge on any atom is 0.165 e. The van der Waals surface area contributed by atoms with Crippen molar-refractivity contribution in [2.75, 3.05) is 5.75 Å². The number of halogens is 2. The van der Waals surface area contributed by atoms with Crippen LogP contribution in [0.25, 0.3) is 0 Å². The Morgan fingerprint density at radius 3 is 3.00 bits per heavy atom. The molecule has 1 aliphatic rings. The van der Waals surface area contributed by atoms with E-state index in [9.17, 15) is 0 Å². The Bertz CT molecular complexity index is 315. The van der Waals surface area contributed by atoms with Crippen molar-refractivity contribution in [2.45, 2.75) is 18.1 Å². The van der Waals surface area contributed by atoms with Gasteiger partial charge >= 0.3 is 0 Å². The van der Waals surface area contributed by atoms with Gasteiger partial charge < -0.3 is 0 Å². The molecule has 2 nitrogen and oxygen atoms in total. The standard InChI is InChI=1S/C8H8BrClN2S/c9-5-4-6(11-12-8(5)10)7-2-1-3-13-7/h4,7H,1-3H2. The number of nitrogens with zero attached hydrogens (tertiary/aromatic N) is 2. The van der Waals surface area contributed by atoms with Gasteiger partial charge in [-0.2, -0.15) is 16.9 Å². The largest absolute Gasteiger partial charge is 0.165 e. The van der Waals surface area contributed by atoms with E-state index in [1.807, 2.05) is 17.8 Å². The van der Waals surface area contributed by atoms with Crippen LogP contribution in [-0.2, 0) is 0 Å². The second-order valence-electron chi connectivity index (χ2n) is 2.91. The summed E-state index contributed by atoms with van der Waals surface area (Å²) in [4.78, 5) is 0. The molecule has 0 aliphatic carbocycles. The van der Waals surface area contributed by atoms with Gasteiger partial charge in [-0.3, -0.25) is 0 Å². The fourth-order valence-corrected chi connectivity index (χ4v) is 2.98. The van der Waals surface area contributed by atoms with Gasteiger partial charge in [-0.15, -0.1) is 5.10 Å². The zero-order valence-corrected chi connectivity index (χ0v) is 9.99. The number of aromatic nitrogens is 2. The normalized spacial score (nSPS) is 22.2. The van der Waals surface area contributed by atoms with E-state index in [-0.39, 0.29) is 0 Å². The Morgan fingerprint density at radius 1 is 1.54 bits per heavy atom. The van der Waals surface area contributed by atoms with Crippen LogP contribution in [0.2, 0.25) is 5.15 Å². The minimum Gasteiger partial charge on any atom is -0.153 e.